The summed E-state index contributed by atoms with van der Waals surface area (Å²) in [7, 11) is 1.33. The van der Waals surface area contributed by atoms with Crippen LogP contribution in [0.3, 0.4) is 0 Å². The first kappa shape index (κ1) is 11.2. The van der Waals surface area contributed by atoms with Crippen LogP contribution < -0.4 is 4.90 Å². The van der Waals surface area contributed by atoms with Crippen LogP contribution in [0.5, 0.6) is 0 Å². The maximum absolute atomic E-state index is 11.8. The molecule has 7 heteroatoms. The SMILES string of the molecule is COC(=O)C1CC(=O)N(c2n[nH]c(C3CC3)n2)C1. The molecule has 1 aliphatic heterocycles. The van der Waals surface area contributed by atoms with Crippen molar-refractivity contribution in [2.45, 2.75) is 25.2 Å². The van der Waals surface area contributed by atoms with E-state index >= 15 is 0 Å². The van der Waals surface area contributed by atoms with Crippen LogP contribution in [-0.2, 0) is 14.3 Å². The van der Waals surface area contributed by atoms with E-state index in [9.17, 15) is 9.59 Å². The number of esters is 1. The molecule has 7 nitrogen and oxygen atoms in total. The van der Waals surface area contributed by atoms with E-state index in [1.54, 1.807) is 0 Å². The molecule has 2 aliphatic rings. The summed E-state index contributed by atoms with van der Waals surface area (Å²) in [6.07, 6.45) is 2.40. The number of carbonyl (C=O) groups is 2. The van der Waals surface area contributed by atoms with Crippen LogP contribution in [0.4, 0.5) is 5.95 Å². The summed E-state index contributed by atoms with van der Waals surface area (Å²) < 4.78 is 4.65. The Morgan fingerprint density at radius 1 is 1.50 bits per heavy atom. The largest absolute Gasteiger partial charge is 0.469 e. The van der Waals surface area contributed by atoms with E-state index in [1.165, 1.54) is 12.0 Å². The number of amides is 1. The Morgan fingerprint density at radius 2 is 2.28 bits per heavy atom. The molecule has 0 radical (unpaired) electrons. The number of hydrogen-bond donors (Lipinski definition) is 1. The van der Waals surface area contributed by atoms with Gasteiger partial charge in [0, 0.05) is 18.9 Å². The number of hydrogen-bond acceptors (Lipinski definition) is 5. The summed E-state index contributed by atoms with van der Waals surface area (Å²) in [5.41, 5.74) is 0. The first-order valence-electron chi connectivity index (χ1n) is 5.99. The first-order valence-corrected chi connectivity index (χ1v) is 5.99. The molecule has 1 saturated carbocycles. The fraction of sp³-hybridized carbons (Fsp3) is 0.636. The van der Waals surface area contributed by atoms with Crippen LogP contribution in [0.2, 0.25) is 0 Å². The number of H-pyrrole nitrogens is 1. The number of nitrogens with one attached hydrogen (secondary N) is 1. The van der Waals surface area contributed by atoms with Gasteiger partial charge >= 0.3 is 5.97 Å². The van der Waals surface area contributed by atoms with Crippen molar-refractivity contribution in [3.63, 3.8) is 0 Å². The van der Waals surface area contributed by atoms with Gasteiger partial charge in [-0.05, 0) is 12.8 Å². The summed E-state index contributed by atoms with van der Waals surface area (Å²) in [5.74, 6) is 0.758. The highest BCUT2D eigenvalue weighted by Gasteiger charge is 2.38. The topological polar surface area (TPSA) is 88.2 Å². The third kappa shape index (κ3) is 1.85. The smallest absolute Gasteiger partial charge is 0.311 e. The number of rotatable bonds is 3. The Labute approximate surface area is 104 Å². The monoisotopic (exact) mass is 250 g/mol. The zero-order valence-electron chi connectivity index (χ0n) is 10.0. The second-order valence-electron chi connectivity index (χ2n) is 4.72. The lowest BCUT2D eigenvalue weighted by molar-refractivity contribution is -0.145. The van der Waals surface area contributed by atoms with Crippen molar-refractivity contribution in [1.82, 2.24) is 15.2 Å². The molecule has 1 aromatic rings. The molecule has 2 heterocycles. The van der Waals surface area contributed by atoms with Gasteiger partial charge in [0.05, 0.1) is 13.0 Å². The lowest BCUT2D eigenvalue weighted by Crippen LogP contribution is -2.27. The van der Waals surface area contributed by atoms with E-state index < -0.39 is 5.92 Å². The summed E-state index contributed by atoms with van der Waals surface area (Å²) in [6.45, 7) is 0.299. The van der Waals surface area contributed by atoms with Gasteiger partial charge in [-0.1, -0.05) is 0 Å². The maximum atomic E-state index is 11.8. The summed E-state index contributed by atoms with van der Waals surface area (Å²) in [6, 6.07) is 0. The Bertz CT molecular complexity index is 494. The van der Waals surface area contributed by atoms with E-state index in [2.05, 4.69) is 19.9 Å². The van der Waals surface area contributed by atoms with Crippen LogP contribution in [0.25, 0.3) is 0 Å². The molecule has 0 bridgehead atoms. The summed E-state index contributed by atoms with van der Waals surface area (Å²) in [5, 5.41) is 6.90. The van der Waals surface area contributed by atoms with Gasteiger partial charge in [0.15, 0.2) is 0 Å². The fourth-order valence-electron chi connectivity index (χ4n) is 2.15. The molecule has 3 rings (SSSR count). The second kappa shape index (κ2) is 4.08. The van der Waals surface area contributed by atoms with Crippen molar-refractivity contribution in [3.05, 3.63) is 5.82 Å². The average molecular weight is 250 g/mol. The number of anilines is 1. The van der Waals surface area contributed by atoms with Crippen LogP contribution in [0.1, 0.15) is 31.0 Å². The standard InChI is InChI=1S/C11H14N4O3/c1-18-10(17)7-4-8(16)15(5-7)11-12-9(13-14-11)6-2-3-6/h6-7H,2-5H2,1H3,(H,12,13,14). The van der Waals surface area contributed by atoms with E-state index in [0.29, 0.717) is 18.4 Å². The number of nitrogens with zero attached hydrogens (tertiary/aromatic N) is 3. The third-order valence-electron chi connectivity index (χ3n) is 3.36. The molecular weight excluding hydrogens is 236 g/mol. The highest BCUT2D eigenvalue weighted by molar-refractivity contribution is 5.98. The molecule has 1 N–H and O–H groups in total. The zero-order valence-corrected chi connectivity index (χ0v) is 10.0. The molecule has 1 aromatic heterocycles. The van der Waals surface area contributed by atoms with Gasteiger partial charge in [-0.15, -0.1) is 5.10 Å². The van der Waals surface area contributed by atoms with Crippen molar-refractivity contribution >= 4 is 17.8 Å². The minimum atomic E-state index is -0.412. The molecular formula is C11H14N4O3. The van der Waals surface area contributed by atoms with E-state index in [0.717, 1.165) is 18.7 Å². The average Bonchev–Trinajstić information content (AvgIpc) is 2.98. The van der Waals surface area contributed by atoms with Gasteiger partial charge < -0.3 is 4.74 Å². The van der Waals surface area contributed by atoms with E-state index in [-0.39, 0.29) is 18.3 Å². The van der Waals surface area contributed by atoms with Gasteiger partial charge in [-0.2, -0.15) is 4.98 Å². The lowest BCUT2D eigenvalue weighted by Gasteiger charge is -2.10. The summed E-state index contributed by atoms with van der Waals surface area (Å²) >= 11 is 0. The Kier molecular flexibility index (Phi) is 2.53. The maximum Gasteiger partial charge on any atom is 0.311 e. The van der Waals surface area contributed by atoms with Gasteiger partial charge in [0.25, 0.3) is 5.95 Å². The molecule has 96 valence electrons. The van der Waals surface area contributed by atoms with E-state index in [1.807, 2.05) is 0 Å². The minimum absolute atomic E-state index is 0.133. The molecule has 1 unspecified atom stereocenters. The molecule has 1 amide bonds. The number of ether oxygens (including phenoxy) is 1. The number of aromatic amines is 1. The van der Waals surface area contributed by atoms with Gasteiger partial charge in [0.2, 0.25) is 5.91 Å². The molecule has 0 spiro atoms. The molecule has 1 atom stereocenters. The Hall–Kier alpha value is -1.92. The molecule has 2 fully saturated rings. The molecule has 18 heavy (non-hydrogen) atoms. The number of methoxy groups -OCH3 is 1. The predicted octanol–water partition coefficient (Wildman–Crippen LogP) is 0.208. The van der Waals surface area contributed by atoms with E-state index in [4.69, 9.17) is 0 Å². The van der Waals surface area contributed by atoms with Crippen LogP contribution in [0.15, 0.2) is 0 Å². The number of carbonyl (C=O) groups excluding carboxylic acids is 2. The zero-order chi connectivity index (χ0) is 12.7. The molecule has 0 aromatic carbocycles. The lowest BCUT2D eigenvalue weighted by atomic mass is 10.1. The van der Waals surface area contributed by atoms with Crippen molar-refractivity contribution in [2.24, 2.45) is 5.92 Å². The van der Waals surface area contributed by atoms with Crippen molar-refractivity contribution in [2.75, 3.05) is 18.6 Å². The Morgan fingerprint density at radius 3 is 2.94 bits per heavy atom. The highest BCUT2D eigenvalue weighted by Crippen LogP contribution is 2.38. The van der Waals surface area contributed by atoms with Crippen LogP contribution in [-0.4, -0.2) is 40.7 Å². The van der Waals surface area contributed by atoms with Crippen molar-refractivity contribution < 1.29 is 14.3 Å². The van der Waals surface area contributed by atoms with Gasteiger partial charge in [-0.25, -0.2) is 0 Å². The molecule has 1 saturated heterocycles. The first-order chi connectivity index (χ1) is 8.69. The van der Waals surface area contributed by atoms with Gasteiger partial charge in [-0.3, -0.25) is 19.6 Å². The van der Waals surface area contributed by atoms with Gasteiger partial charge in [0.1, 0.15) is 5.82 Å². The van der Waals surface area contributed by atoms with Crippen LogP contribution >= 0.6 is 0 Å². The predicted molar refractivity (Wildman–Crippen MR) is 60.8 cm³/mol. The highest BCUT2D eigenvalue weighted by atomic mass is 16.5. The quantitative estimate of drug-likeness (QED) is 0.774. The van der Waals surface area contributed by atoms with Crippen molar-refractivity contribution in [3.8, 4) is 0 Å². The number of aromatic nitrogens is 3. The minimum Gasteiger partial charge on any atom is -0.469 e. The van der Waals surface area contributed by atoms with Crippen LogP contribution in [0, 0.1) is 5.92 Å². The van der Waals surface area contributed by atoms with Crippen molar-refractivity contribution in [1.29, 1.82) is 0 Å². The fourth-order valence-corrected chi connectivity index (χ4v) is 2.15. The third-order valence-corrected chi connectivity index (χ3v) is 3.36. The molecule has 1 aliphatic carbocycles. The normalized spacial score (nSPS) is 23.5. The Balaban J connectivity index is 1.75. The second-order valence-corrected chi connectivity index (χ2v) is 4.72. The summed E-state index contributed by atoms with van der Waals surface area (Å²) in [4.78, 5) is 29.0.